The molecule has 0 atom stereocenters. The van der Waals surface area contributed by atoms with Crippen LogP contribution in [0, 0.1) is 5.92 Å². The molecule has 2 aromatic rings. The number of methoxy groups -OCH3 is 2. The molecule has 2 amide bonds. The van der Waals surface area contributed by atoms with E-state index in [0.717, 1.165) is 5.01 Å². The van der Waals surface area contributed by atoms with Gasteiger partial charge in [-0.25, -0.2) is 0 Å². The molecule has 0 radical (unpaired) electrons. The monoisotopic (exact) mass is 418 g/mol. The first kappa shape index (κ1) is 21.0. The Balaban J connectivity index is 1.58. The van der Waals surface area contributed by atoms with Crippen LogP contribution in [0.25, 0.3) is 0 Å². The zero-order valence-electron chi connectivity index (χ0n) is 17.1. The van der Waals surface area contributed by atoms with Crippen molar-refractivity contribution in [2.45, 2.75) is 32.6 Å². The van der Waals surface area contributed by atoms with Crippen LogP contribution in [0.5, 0.6) is 11.5 Å². The molecule has 1 aliphatic rings. The van der Waals surface area contributed by atoms with E-state index >= 15 is 0 Å². The number of hydrogen-bond donors (Lipinski definition) is 1. The van der Waals surface area contributed by atoms with Gasteiger partial charge in [-0.2, -0.15) is 0 Å². The van der Waals surface area contributed by atoms with E-state index in [-0.39, 0.29) is 23.7 Å². The Hall–Kier alpha value is -2.68. The number of ether oxygens (including phenoxy) is 2. The van der Waals surface area contributed by atoms with Crippen LogP contribution in [0.3, 0.4) is 0 Å². The molecule has 0 aliphatic carbocycles. The van der Waals surface area contributed by atoms with Gasteiger partial charge in [0, 0.05) is 36.6 Å². The molecule has 0 unspecified atom stereocenters. The third-order valence-corrected chi connectivity index (χ3v) is 6.06. The molecule has 0 saturated carbocycles. The largest absolute Gasteiger partial charge is 0.497 e. The summed E-state index contributed by atoms with van der Waals surface area (Å²) in [5, 5.41) is 12.4. The Morgan fingerprint density at radius 2 is 1.72 bits per heavy atom. The zero-order chi connectivity index (χ0) is 21.0. The van der Waals surface area contributed by atoms with Crippen molar-refractivity contribution in [3.8, 4) is 11.5 Å². The molecule has 1 saturated heterocycles. The lowest BCUT2D eigenvalue weighted by atomic mass is 9.95. The fourth-order valence-electron chi connectivity index (χ4n) is 3.18. The SMILES string of the molecule is COc1cc(OC)cc(C(=O)N2CCC(C(=O)Nc3nnc(C(C)C)s3)CC2)c1. The van der Waals surface area contributed by atoms with Gasteiger partial charge in [0.25, 0.3) is 5.91 Å². The number of carbonyl (C=O) groups is 2. The first-order valence-corrected chi connectivity index (χ1v) is 10.4. The normalized spacial score (nSPS) is 14.7. The maximum Gasteiger partial charge on any atom is 0.254 e. The lowest BCUT2D eigenvalue weighted by Crippen LogP contribution is -2.41. The summed E-state index contributed by atoms with van der Waals surface area (Å²) < 4.78 is 10.5. The molecule has 29 heavy (non-hydrogen) atoms. The summed E-state index contributed by atoms with van der Waals surface area (Å²) in [6, 6.07) is 5.13. The second kappa shape index (κ2) is 9.21. The van der Waals surface area contributed by atoms with Crippen LogP contribution in [-0.4, -0.2) is 54.2 Å². The highest BCUT2D eigenvalue weighted by Crippen LogP contribution is 2.27. The molecule has 1 fully saturated rings. The maximum absolute atomic E-state index is 12.9. The van der Waals surface area contributed by atoms with Crippen LogP contribution in [0.4, 0.5) is 5.13 Å². The van der Waals surface area contributed by atoms with E-state index in [1.165, 1.54) is 11.3 Å². The Kier molecular flexibility index (Phi) is 6.68. The molecule has 3 rings (SSSR count). The summed E-state index contributed by atoms with van der Waals surface area (Å²) in [4.78, 5) is 27.2. The van der Waals surface area contributed by atoms with E-state index in [9.17, 15) is 9.59 Å². The topological polar surface area (TPSA) is 93.7 Å². The standard InChI is InChI=1S/C20H26N4O4S/c1-12(2)18-22-23-20(29-18)21-17(25)13-5-7-24(8-6-13)19(26)14-9-15(27-3)11-16(10-14)28-4/h9-13H,5-8H2,1-4H3,(H,21,23,25). The highest BCUT2D eigenvalue weighted by molar-refractivity contribution is 7.15. The van der Waals surface area contributed by atoms with Gasteiger partial charge in [-0.05, 0) is 25.0 Å². The van der Waals surface area contributed by atoms with Crippen molar-refractivity contribution in [3.63, 3.8) is 0 Å². The van der Waals surface area contributed by atoms with Gasteiger partial charge in [-0.3, -0.25) is 9.59 Å². The van der Waals surface area contributed by atoms with E-state index in [4.69, 9.17) is 9.47 Å². The first-order valence-electron chi connectivity index (χ1n) is 9.58. The molecular formula is C20H26N4O4S. The predicted octanol–water partition coefficient (Wildman–Crippen LogP) is 3.17. The Bertz CT molecular complexity index is 853. The number of piperidine rings is 1. The summed E-state index contributed by atoms with van der Waals surface area (Å²) >= 11 is 1.40. The van der Waals surface area contributed by atoms with Crippen molar-refractivity contribution >= 4 is 28.3 Å². The highest BCUT2D eigenvalue weighted by Gasteiger charge is 2.29. The van der Waals surface area contributed by atoms with E-state index in [0.29, 0.717) is 48.1 Å². The van der Waals surface area contributed by atoms with Crippen LogP contribution in [0.15, 0.2) is 18.2 Å². The number of nitrogens with zero attached hydrogens (tertiary/aromatic N) is 3. The number of hydrogen-bond acceptors (Lipinski definition) is 7. The zero-order valence-corrected chi connectivity index (χ0v) is 17.9. The fraction of sp³-hybridized carbons (Fsp3) is 0.500. The second-order valence-electron chi connectivity index (χ2n) is 7.26. The lowest BCUT2D eigenvalue weighted by Gasteiger charge is -2.31. The van der Waals surface area contributed by atoms with E-state index in [1.54, 1.807) is 37.3 Å². The van der Waals surface area contributed by atoms with Crippen molar-refractivity contribution < 1.29 is 19.1 Å². The second-order valence-corrected chi connectivity index (χ2v) is 8.27. The third-order valence-electron chi connectivity index (χ3n) is 4.92. The molecule has 0 spiro atoms. The number of carbonyl (C=O) groups excluding carboxylic acids is 2. The summed E-state index contributed by atoms with van der Waals surface area (Å²) in [5.41, 5.74) is 0.513. The molecule has 0 bridgehead atoms. The minimum Gasteiger partial charge on any atom is -0.497 e. The van der Waals surface area contributed by atoms with Crippen LogP contribution in [-0.2, 0) is 4.79 Å². The third kappa shape index (κ3) is 5.03. The number of likely N-dealkylation sites (tertiary alicyclic amines) is 1. The number of benzene rings is 1. The van der Waals surface area contributed by atoms with Crippen molar-refractivity contribution in [1.29, 1.82) is 0 Å². The quantitative estimate of drug-likeness (QED) is 0.774. The average molecular weight is 419 g/mol. The number of rotatable bonds is 6. The maximum atomic E-state index is 12.9. The van der Waals surface area contributed by atoms with E-state index in [1.807, 2.05) is 13.8 Å². The van der Waals surface area contributed by atoms with Gasteiger partial charge < -0.3 is 19.7 Å². The van der Waals surface area contributed by atoms with Gasteiger partial charge in [0.05, 0.1) is 14.2 Å². The van der Waals surface area contributed by atoms with Gasteiger partial charge in [-0.1, -0.05) is 25.2 Å². The lowest BCUT2D eigenvalue weighted by molar-refractivity contribution is -0.121. The molecule has 1 aromatic carbocycles. The first-order chi connectivity index (χ1) is 13.9. The number of aromatic nitrogens is 2. The van der Waals surface area contributed by atoms with Gasteiger partial charge in [0.15, 0.2) is 0 Å². The Labute approximate surface area is 174 Å². The summed E-state index contributed by atoms with van der Waals surface area (Å²) in [6.07, 6.45) is 1.21. The van der Waals surface area contributed by atoms with Crippen molar-refractivity contribution in [1.82, 2.24) is 15.1 Å². The van der Waals surface area contributed by atoms with Crippen LogP contribution in [0.1, 0.15) is 48.0 Å². The Morgan fingerprint density at radius 3 is 2.24 bits per heavy atom. The highest BCUT2D eigenvalue weighted by atomic mass is 32.1. The molecule has 1 aromatic heterocycles. The average Bonchev–Trinajstić information content (AvgIpc) is 3.21. The Morgan fingerprint density at radius 1 is 1.10 bits per heavy atom. The van der Waals surface area contributed by atoms with Gasteiger partial charge >= 0.3 is 0 Å². The van der Waals surface area contributed by atoms with Gasteiger partial charge in [0.1, 0.15) is 16.5 Å². The minimum absolute atomic E-state index is 0.0633. The fourth-order valence-corrected chi connectivity index (χ4v) is 3.93. The van der Waals surface area contributed by atoms with Crippen LogP contribution in [0.2, 0.25) is 0 Å². The number of amides is 2. The molecule has 2 heterocycles. The van der Waals surface area contributed by atoms with Crippen molar-refractivity contribution in [2.75, 3.05) is 32.6 Å². The summed E-state index contributed by atoms with van der Waals surface area (Å²) in [6.45, 7) is 5.11. The summed E-state index contributed by atoms with van der Waals surface area (Å²) in [5.74, 6) is 1.12. The van der Waals surface area contributed by atoms with E-state index in [2.05, 4.69) is 15.5 Å². The van der Waals surface area contributed by atoms with Crippen LogP contribution < -0.4 is 14.8 Å². The molecule has 156 valence electrons. The van der Waals surface area contributed by atoms with E-state index < -0.39 is 0 Å². The molecule has 8 nitrogen and oxygen atoms in total. The smallest absolute Gasteiger partial charge is 0.254 e. The number of nitrogens with one attached hydrogen (secondary N) is 1. The van der Waals surface area contributed by atoms with Gasteiger partial charge in [0.2, 0.25) is 11.0 Å². The van der Waals surface area contributed by atoms with Crippen LogP contribution >= 0.6 is 11.3 Å². The van der Waals surface area contributed by atoms with Crippen molar-refractivity contribution in [3.05, 3.63) is 28.8 Å². The van der Waals surface area contributed by atoms with Crippen molar-refractivity contribution in [2.24, 2.45) is 5.92 Å². The molecule has 1 aliphatic heterocycles. The number of anilines is 1. The van der Waals surface area contributed by atoms with Gasteiger partial charge in [-0.15, -0.1) is 10.2 Å². The molecule has 9 heteroatoms. The minimum atomic E-state index is -0.148. The summed E-state index contributed by atoms with van der Waals surface area (Å²) in [7, 11) is 3.10. The molecular weight excluding hydrogens is 392 g/mol. The predicted molar refractivity (Wildman–Crippen MR) is 111 cm³/mol. The molecule has 1 N–H and O–H groups in total.